The Hall–Kier alpha value is -2.53. The highest BCUT2D eigenvalue weighted by atomic mass is 16.5. The predicted molar refractivity (Wildman–Crippen MR) is 119 cm³/mol. The number of hydrogen-bond donors (Lipinski definition) is 1. The summed E-state index contributed by atoms with van der Waals surface area (Å²) in [6, 6.07) is 12.4. The van der Waals surface area contributed by atoms with Gasteiger partial charge >= 0.3 is 0 Å². The Morgan fingerprint density at radius 2 is 1.83 bits per heavy atom. The van der Waals surface area contributed by atoms with Crippen LogP contribution in [0.3, 0.4) is 0 Å². The lowest BCUT2D eigenvalue weighted by atomic mass is 9.89. The lowest BCUT2D eigenvalue weighted by molar-refractivity contribution is 0.0773. The van der Waals surface area contributed by atoms with E-state index in [0.717, 1.165) is 61.5 Å². The fourth-order valence-corrected chi connectivity index (χ4v) is 4.29. The number of nitrogens with zero attached hydrogens (tertiary/aromatic N) is 1. The van der Waals surface area contributed by atoms with Crippen LogP contribution in [-0.4, -0.2) is 43.7 Å². The summed E-state index contributed by atoms with van der Waals surface area (Å²) in [5.74, 6) is 1.74. The first-order valence-electron chi connectivity index (χ1n) is 11.1. The summed E-state index contributed by atoms with van der Waals surface area (Å²) in [6.45, 7) is 6.37. The number of amides is 1. The van der Waals surface area contributed by atoms with Crippen molar-refractivity contribution in [3.63, 3.8) is 0 Å². The number of ether oxygens (including phenoxy) is 2. The van der Waals surface area contributed by atoms with Crippen molar-refractivity contribution in [2.45, 2.75) is 51.7 Å². The van der Waals surface area contributed by atoms with Crippen LogP contribution in [0.2, 0.25) is 0 Å². The minimum absolute atomic E-state index is 0.0843. The van der Waals surface area contributed by atoms with Crippen molar-refractivity contribution < 1.29 is 14.3 Å². The Morgan fingerprint density at radius 3 is 2.43 bits per heavy atom. The molecule has 0 spiro atoms. The molecule has 1 N–H and O–H groups in total. The minimum atomic E-state index is 0.0843. The first-order valence-corrected chi connectivity index (χ1v) is 11.1. The van der Waals surface area contributed by atoms with Gasteiger partial charge in [-0.25, -0.2) is 0 Å². The first-order chi connectivity index (χ1) is 14.6. The summed E-state index contributed by atoms with van der Waals surface area (Å²) in [5, 5.41) is 3.64. The highest BCUT2D eigenvalue weighted by Crippen LogP contribution is 2.39. The molecule has 0 saturated heterocycles. The molecule has 160 valence electrons. The summed E-state index contributed by atoms with van der Waals surface area (Å²) in [6.07, 6.45) is 4.73. The van der Waals surface area contributed by atoms with Crippen molar-refractivity contribution in [1.82, 2.24) is 10.2 Å². The van der Waals surface area contributed by atoms with E-state index >= 15 is 0 Å². The highest BCUT2D eigenvalue weighted by Gasteiger charge is 2.26. The smallest absolute Gasteiger partial charge is 0.253 e. The molecule has 2 aromatic carbocycles. The zero-order chi connectivity index (χ0) is 21.1. The van der Waals surface area contributed by atoms with Crippen molar-refractivity contribution in [3.8, 4) is 11.5 Å². The third-order valence-corrected chi connectivity index (χ3v) is 6.37. The van der Waals surface area contributed by atoms with Crippen molar-refractivity contribution in [1.29, 1.82) is 0 Å². The molecule has 5 nitrogen and oxygen atoms in total. The predicted octanol–water partition coefficient (Wildman–Crippen LogP) is 4.34. The number of nitrogens with one attached hydrogen (secondary N) is 1. The summed E-state index contributed by atoms with van der Waals surface area (Å²) < 4.78 is 11.8. The lowest BCUT2D eigenvalue weighted by Gasteiger charge is -2.31. The van der Waals surface area contributed by atoms with E-state index in [4.69, 9.17) is 9.47 Å². The van der Waals surface area contributed by atoms with Gasteiger partial charge in [0.15, 0.2) is 11.5 Å². The SMILES string of the molecule is CCN(CC)C(=O)c1ccc(C2NCCc3cc(OC)c(OC4CCC4)cc32)cc1. The van der Waals surface area contributed by atoms with E-state index in [1.54, 1.807) is 7.11 Å². The molecule has 2 aromatic rings. The van der Waals surface area contributed by atoms with Gasteiger partial charge in [-0.3, -0.25) is 4.79 Å². The van der Waals surface area contributed by atoms with Gasteiger partial charge in [0.1, 0.15) is 0 Å². The van der Waals surface area contributed by atoms with Gasteiger partial charge in [0.25, 0.3) is 5.91 Å². The molecule has 4 rings (SSSR count). The topological polar surface area (TPSA) is 50.8 Å². The number of carbonyl (C=O) groups excluding carboxylic acids is 1. The molecule has 1 amide bonds. The average Bonchev–Trinajstić information content (AvgIpc) is 2.76. The van der Waals surface area contributed by atoms with Gasteiger partial charge in [0.05, 0.1) is 19.3 Å². The van der Waals surface area contributed by atoms with Crippen LogP contribution in [0, 0.1) is 0 Å². The zero-order valence-corrected chi connectivity index (χ0v) is 18.2. The lowest BCUT2D eigenvalue weighted by Crippen LogP contribution is -2.32. The monoisotopic (exact) mass is 408 g/mol. The summed E-state index contributed by atoms with van der Waals surface area (Å²) >= 11 is 0. The average molecular weight is 409 g/mol. The summed E-state index contributed by atoms with van der Waals surface area (Å²) in [4.78, 5) is 14.5. The van der Waals surface area contributed by atoms with Crippen LogP contribution in [0.5, 0.6) is 11.5 Å². The molecule has 0 bridgehead atoms. The molecule has 30 heavy (non-hydrogen) atoms. The molecule has 1 aliphatic heterocycles. The van der Waals surface area contributed by atoms with E-state index < -0.39 is 0 Å². The second kappa shape index (κ2) is 9.09. The van der Waals surface area contributed by atoms with E-state index in [-0.39, 0.29) is 11.9 Å². The van der Waals surface area contributed by atoms with Crippen LogP contribution >= 0.6 is 0 Å². The molecular formula is C25H32N2O3. The van der Waals surface area contributed by atoms with Crippen molar-refractivity contribution in [2.75, 3.05) is 26.7 Å². The molecular weight excluding hydrogens is 376 g/mol. The Labute approximate surface area is 179 Å². The maximum absolute atomic E-state index is 12.6. The van der Waals surface area contributed by atoms with Crippen LogP contribution in [0.4, 0.5) is 0 Å². The standard InChI is InChI=1S/C25H32N2O3/c1-4-27(5-2)25(28)18-11-9-17(10-12-18)24-21-16-23(30-20-7-6-8-20)22(29-3)15-19(21)13-14-26-24/h9-12,15-16,20,24,26H,4-8,13-14H2,1-3H3. The molecule has 1 unspecified atom stereocenters. The van der Waals surface area contributed by atoms with Gasteiger partial charge in [-0.05, 0) is 80.5 Å². The molecule has 2 aliphatic rings. The fourth-order valence-electron chi connectivity index (χ4n) is 4.29. The van der Waals surface area contributed by atoms with Gasteiger partial charge in [0.2, 0.25) is 0 Å². The Kier molecular flexibility index (Phi) is 6.28. The van der Waals surface area contributed by atoms with Gasteiger partial charge in [-0.1, -0.05) is 12.1 Å². The molecule has 1 aliphatic carbocycles. The van der Waals surface area contributed by atoms with Crippen LogP contribution in [-0.2, 0) is 6.42 Å². The van der Waals surface area contributed by atoms with Crippen LogP contribution < -0.4 is 14.8 Å². The van der Waals surface area contributed by atoms with Crippen LogP contribution in [0.25, 0.3) is 0 Å². The maximum Gasteiger partial charge on any atom is 0.253 e. The second-order valence-electron chi connectivity index (χ2n) is 8.11. The zero-order valence-electron chi connectivity index (χ0n) is 18.2. The minimum Gasteiger partial charge on any atom is -0.493 e. The second-order valence-corrected chi connectivity index (χ2v) is 8.11. The third kappa shape index (κ3) is 4.04. The molecule has 1 atom stereocenters. The van der Waals surface area contributed by atoms with Crippen molar-refractivity contribution in [2.24, 2.45) is 0 Å². The molecule has 5 heteroatoms. The van der Waals surface area contributed by atoms with E-state index in [9.17, 15) is 4.79 Å². The van der Waals surface area contributed by atoms with Gasteiger partial charge in [-0.2, -0.15) is 0 Å². The number of carbonyl (C=O) groups is 1. The quantitative estimate of drug-likeness (QED) is 0.740. The number of methoxy groups -OCH3 is 1. The summed E-state index contributed by atoms with van der Waals surface area (Å²) in [5.41, 5.74) is 4.42. The normalized spacial score (nSPS) is 18.3. The number of hydrogen-bond acceptors (Lipinski definition) is 4. The van der Waals surface area contributed by atoms with Crippen LogP contribution in [0.15, 0.2) is 36.4 Å². The van der Waals surface area contributed by atoms with E-state index in [2.05, 4.69) is 29.6 Å². The van der Waals surface area contributed by atoms with Crippen molar-refractivity contribution >= 4 is 5.91 Å². The number of fused-ring (bicyclic) bond motifs is 1. The van der Waals surface area contributed by atoms with E-state index in [1.165, 1.54) is 17.5 Å². The van der Waals surface area contributed by atoms with Gasteiger partial charge in [0, 0.05) is 25.2 Å². The Balaban J connectivity index is 1.62. The van der Waals surface area contributed by atoms with Crippen LogP contribution in [0.1, 0.15) is 66.2 Å². The summed E-state index contributed by atoms with van der Waals surface area (Å²) in [7, 11) is 1.71. The molecule has 0 aromatic heterocycles. The van der Waals surface area contributed by atoms with E-state index in [0.29, 0.717) is 6.10 Å². The Bertz CT molecular complexity index is 886. The fraction of sp³-hybridized carbons (Fsp3) is 0.480. The van der Waals surface area contributed by atoms with E-state index in [1.807, 2.05) is 30.9 Å². The van der Waals surface area contributed by atoms with Gasteiger partial charge in [-0.15, -0.1) is 0 Å². The molecule has 1 fully saturated rings. The first kappa shape index (κ1) is 20.7. The molecule has 1 saturated carbocycles. The maximum atomic E-state index is 12.6. The largest absolute Gasteiger partial charge is 0.493 e. The van der Waals surface area contributed by atoms with Crippen molar-refractivity contribution in [3.05, 3.63) is 58.7 Å². The number of rotatable bonds is 7. The van der Waals surface area contributed by atoms with Gasteiger partial charge < -0.3 is 19.7 Å². The highest BCUT2D eigenvalue weighted by molar-refractivity contribution is 5.94. The molecule has 0 radical (unpaired) electrons. The molecule has 1 heterocycles. The third-order valence-electron chi connectivity index (χ3n) is 6.37. The number of benzene rings is 2. The Morgan fingerprint density at radius 1 is 1.10 bits per heavy atom.